The zero-order valence-corrected chi connectivity index (χ0v) is 16.4. The van der Waals surface area contributed by atoms with Gasteiger partial charge in [-0.1, -0.05) is 12.1 Å². The number of halogens is 2. The zero-order chi connectivity index (χ0) is 20.8. The number of hydrogen-bond donors (Lipinski definition) is 1. The van der Waals surface area contributed by atoms with Crippen molar-refractivity contribution in [2.24, 2.45) is 0 Å². The summed E-state index contributed by atoms with van der Waals surface area (Å²) in [5.41, 5.74) is -0.656. The molecule has 0 heterocycles. The van der Waals surface area contributed by atoms with Crippen LogP contribution < -0.4 is 10.1 Å². The number of esters is 1. The average Bonchev–Trinajstić information content (AvgIpc) is 2.49. The highest BCUT2D eigenvalue weighted by Gasteiger charge is 2.30. The molecule has 0 aliphatic rings. The molecule has 0 saturated heterocycles. The van der Waals surface area contributed by atoms with Gasteiger partial charge in [-0.3, -0.25) is 0 Å². The first-order valence-corrected chi connectivity index (χ1v) is 8.64. The minimum Gasteiger partial charge on any atom is -0.491 e. The first kappa shape index (κ1) is 22.7. The molecule has 6 nitrogen and oxygen atoms in total. The number of rotatable bonds is 7. The van der Waals surface area contributed by atoms with Crippen LogP contribution in [0.3, 0.4) is 0 Å². The number of benzene rings is 1. The Kier molecular flexibility index (Phi) is 7.99. The van der Waals surface area contributed by atoms with Crippen LogP contribution in [0.2, 0.25) is 0 Å². The number of alkyl carbamates (subject to hydrolysis) is 1. The Morgan fingerprint density at radius 3 is 2.26 bits per heavy atom. The van der Waals surface area contributed by atoms with Crippen LogP contribution in [-0.2, 0) is 14.3 Å². The van der Waals surface area contributed by atoms with Gasteiger partial charge in [-0.15, -0.1) is 0 Å². The summed E-state index contributed by atoms with van der Waals surface area (Å²) in [6.07, 6.45) is -5.70. The smallest absolute Gasteiger partial charge is 0.408 e. The molecule has 8 heteroatoms. The second kappa shape index (κ2) is 9.53. The minimum absolute atomic E-state index is 0.0981. The van der Waals surface area contributed by atoms with Crippen molar-refractivity contribution in [1.29, 1.82) is 0 Å². The molecule has 1 N–H and O–H groups in total. The Morgan fingerprint density at radius 1 is 1.11 bits per heavy atom. The van der Waals surface area contributed by atoms with Gasteiger partial charge in [-0.25, -0.2) is 18.4 Å². The van der Waals surface area contributed by atoms with E-state index in [9.17, 15) is 18.4 Å². The fourth-order valence-corrected chi connectivity index (χ4v) is 2.07. The van der Waals surface area contributed by atoms with E-state index in [0.717, 1.165) is 0 Å². The molecule has 0 saturated carbocycles. The summed E-state index contributed by atoms with van der Waals surface area (Å²) in [6, 6.07) is 4.83. The molecule has 0 radical (unpaired) electrons. The molecule has 1 rings (SSSR count). The summed E-state index contributed by atoms with van der Waals surface area (Å²) in [5, 5.41) is 2.26. The number of carbonyl (C=O) groups is 2. The van der Waals surface area contributed by atoms with Gasteiger partial charge in [0.15, 0.2) is 6.10 Å². The van der Waals surface area contributed by atoms with Crippen molar-refractivity contribution in [3.05, 3.63) is 29.8 Å². The Bertz CT molecular complexity index is 643. The lowest BCUT2D eigenvalue weighted by Crippen LogP contribution is -2.43. The van der Waals surface area contributed by atoms with Crippen molar-refractivity contribution in [3.63, 3.8) is 0 Å². The summed E-state index contributed by atoms with van der Waals surface area (Å²) in [5.74, 6) is -0.606. The lowest BCUT2D eigenvalue weighted by atomic mass is 10.1. The second-order valence-corrected chi connectivity index (χ2v) is 7.30. The molecular weight excluding hydrogens is 360 g/mol. The van der Waals surface area contributed by atoms with Crippen molar-refractivity contribution in [3.8, 4) is 5.75 Å². The predicted octanol–water partition coefficient (Wildman–Crippen LogP) is 4.24. The number of alkyl halides is 2. The van der Waals surface area contributed by atoms with Gasteiger partial charge in [0.1, 0.15) is 17.4 Å². The van der Waals surface area contributed by atoms with Crippen LogP contribution in [0.4, 0.5) is 13.6 Å². The van der Waals surface area contributed by atoms with Crippen LogP contribution in [0.1, 0.15) is 53.2 Å². The van der Waals surface area contributed by atoms with Crippen LogP contribution >= 0.6 is 0 Å². The van der Waals surface area contributed by atoms with Crippen molar-refractivity contribution in [1.82, 2.24) is 5.32 Å². The van der Waals surface area contributed by atoms with Gasteiger partial charge >= 0.3 is 12.1 Å². The van der Waals surface area contributed by atoms with E-state index in [-0.39, 0.29) is 11.7 Å². The van der Waals surface area contributed by atoms with Crippen molar-refractivity contribution in [2.45, 2.75) is 71.8 Å². The topological polar surface area (TPSA) is 73.9 Å². The lowest BCUT2D eigenvalue weighted by Gasteiger charge is -2.23. The van der Waals surface area contributed by atoms with Crippen molar-refractivity contribution in [2.75, 3.05) is 0 Å². The van der Waals surface area contributed by atoms with E-state index in [4.69, 9.17) is 14.2 Å². The number of nitrogens with one attached hydrogen (secondary N) is 1. The summed E-state index contributed by atoms with van der Waals surface area (Å²) < 4.78 is 42.4. The predicted molar refractivity (Wildman–Crippen MR) is 95.9 cm³/mol. The number of ether oxygens (including phenoxy) is 3. The largest absolute Gasteiger partial charge is 0.491 e. The van der Waals surface area contributed by atoms with Crippen LogP contribution in [-0.4, -0.2) is 36.2 Å². The molecule has 1 amide bonds. The SMILES string of the molecule is CC(C)Oc1cccc([C@@H](OC(=O)[C@H](C)NC(=O)OC(C)(C)C)C(F)F)c1. The third-order valence-electron chi connectivity index (χ3n) is 3.12. The van der Waals surface area contributed by atoms with Gasteiger partial charge < -0.3 is 19.5 Å². The Morgan fingerprint density at radius 2 is 1.74 bits per heavy atom. The lowest BCUT2D eigenvalue weighted by molar-refractivity contribution is -0.160. The molecule has 1 aromatic carbocycles. The highest BCUT2D eigenvalue weighted by Crippen LogP contribution is 2.28. The minimum atomic E-state index is -2.95. The molecule has 2 atom stereocenters. The fourth-order valence-electron chi connectivity index (χ4n) is 2.07. The first-order chi connectivity index (χ1) is 12.4. The summed E-state index contributed by atoms with van der Waals surface area (Å²) in [4.78, 5) is 23.8. The maximum Gasteiger partial charge on any atom is 0.408 e. The van der Waals surface area contributed by atoms with E-state index in [1.165, 1.54) is 19.1 Å². The van der Waals surface area contributed by atoms with Crippen LogP contribution in [0.5, 0.6) is 5.75 Å². The van der Waals surface area contributed by atoms with Gasteiger partial charge in [0.25, 0.3) is 6.43 Å². The van der Waals surface area contributed by atoms with E-state index in [1.807, 2.05) is 0 Å². The summed E-state index contributed by atoms with van der Waals surface area (Å²) >= 11 is 0. The quantitative estimate of drug-likeness (QED) is 0.709. The average molecular weight is 387 g/mol. The molecule has 152 valence electrons. The van der Waals surface area contributed by atoms with Gasteiger partial charge in [0, 0.05) is 5.56 Å². The van der Waals surface area contributed by atoms with Gasteiger partial charge in [0.2, 0.25) is 0 Å². The van der Waals surface area contributed by atoms with E-state index >= 15 is 0 Å². The fraction of sp³-hybridized carbons (Fsp3) is 0.579. The van der Waals surface area contributed by atoms with E-state index in [2.05, 4.69) is 5.32 Å². The van der Waals surface area contributed by atoms with Gasteiger partial charge in [-0.05, 0) is 53.7 Å². The molecule has 27 heavy (non-hydrogen) atoms. The standard InChI is InChI=1S/C19H27F2NO5/c1-11(2)25-14-9-7-8-13(10-14)15(16(20)21)26-17(23)12(3)22-18(24)27-19(4,5)6/h7-12,15-16H,1-6H3,(H,22,24)/t12-,15+/m0/s1. The molecular formula is C19H27F2NO5. The Hall–Kier alpha value is -2.38. The highest BCUT2D eigenvalue weighted by molar-refractivity contribution is 5.81. The third-order valence-corrected chi connectivity index (χ3v) is 3.12. The highest BCUT2D eigenvalue weighted by atomic mass is 19.3. The molecule has 0 fully saturated rings. The van der Waals surface area contributed by atoms with Crippen molar-refractivity contribution < 1.29 is 32.6 Å². The molecule has 0 aliphatic carbocycles. The van der Waals surface area contributed by atoms with Gasteiger partial charge in [0.05, 0.1) is 6.10 Å². The molecule has 0 bridgehead atoms. The van der Waals surface area contributed by atoms with E-state index in [0.29, 0.717) is 5.75 Å². The Balaban J connectivity index is 2.82. The number of carbonyl (C=O) groups excluding carboxylic acids is 2. The van der Waals surface area contributed by atoms with Crippen LogP contribution in [0.15, 0.2) is 24.3 Å². The Labute approximate surface area is 158 Å². The first-order valence-electron chi connectivity index (χ1n) is 8.64. The normalized spacial score (nSPS) is 13.9. The number of amides is 1. The molecule has 0 aliphatic heterocycles. The van der Waals surface area contributed by atoms with Crippen LogP contribution in [0, 0.1) is 0 Å². The third kappa shape index (κ3) is 8.23. The molecule has 1 aromatic rings. The molecule has 0 unspecified atom stereocenters. The number of hydrogen-bond acceptors (Lipinski definition) is 5. The van der Waals surface area contributed by atoms with E-state index < -0.39 is 36.2 Å². The summed E-state index contributed by atoms with van der Waals surface area (Å²) in [6.45, 7) is 9.92. The molecule has 0 aromatic heterocycles. The zero-order valence-electron chi connectivity index (χ0n) is 16.4. The van der Waals surface area contributed by atoms with Crippen molar-refractivity contribution >= 4 is 12.1 Å². The van der Waals surface area contributed by atoms with E-state index in [1.54, 1.807) is 46.8 Å². The molecule has 0 spiro atoms. The monoisotopic (exact) mass is 387 g/mol. The summed E-state index contributed by atoms with van der Waals surface area (Å²) in [7, 11) is 0. The maximum atomic E-state index is 13.5. The second-order valence-electron chi connectivity index (χ2n) is 7.30. The van der Waals surface area contributed by atoms with Gasteiger partial charge in [-0.2, -0.15) is 0 Å². The maximum absolute atomic E-state index is 13.5. The van der Waals surface area contributed by atoms with Crippen LogP contribution in [0.25, 0.3) is 0 Å².